The van der Waals surface area contributed by atoms with Gasteiger partial charge in [-0.2, -0.15) is 0 Å². The van der Waals surface area contributed by atoms with Gasteiger partial charge in [0.15, 0.2) is 5.82 Å². The lowest BCUT2D eigenvalue weighted by Crippen LogP contribution is -2.31. The Labute approximate surface area is 146 Å². The molecule has 0 radical (unpaired) electrons. The second-order valence-corrected chi connectivity index (χ2v) is 5.99. The van der Waals surface area contributed by atoms with E-state index in [2.05, 4.69) is 15.2 Å². The quantitative estimate of drug-likeness (QED) is 0.808. The minimum absolute atomic E-state index is 0.0599. The standard InChI is InChI=1S/C17H21N5O3/c1-21(2)14-5-7-16(20-19-14)25-13-8-9-22(11-13)17(23)12-4-6-15(24-3)18-10-12/h4-7,10,13H,8-9,11H2,1-3H3. The maximum atomic E-state index is 12.5. The molecule has 0 saturated carbocycles. The molecule has 0 bridgehead atoms. The van der Waals surface area contributed by atoms with Crippen molar-refractivity contribution in [1.29, 1.82) is 0 Å². The van der Waals surface area contributed by atoms with Crippen molar-refractivity contribution in [2.24, 2.45) is 0 Å². The molecule has 8 heteroatoms. The normalized spacial score (nSPS) is 16.6. The lowest BCUT2D eigenvalue weighted by molar-refractivity contribution is 0.0770. The van der Waals surface area contributed by atoms with Crippen LogP contribution in [-0.2, 0) is 0 Å². The number of hydrogen-bond acceptors (Lipinski definition) is 7. The number of hydrogen-bond donors (Lipinski definition) is 0. The van der Waals surface area contributed by atoms with Gasteiger partial charge in [0.25, 0.3) is 5.91 Å². The van der Waals surface area contributed by atoms with E-state index >= 15 is 0 Å². The van der Waals surface area contributed by atoms with Gasteiger partial charge in [0.1, 0.15) is 6.10 Å². The maximum Gasteiger partial charge on any atom is 0.255 e. The topological polar surface area (TPSA) is 80.7 Å². The lowest BCUT2D eigenvalue weighted by Gasteiger charge is -2.17. The molecular weight excluding hydrogens is 322 g/mol. The van der Waals surface area contributed by atoms with E-state index in [9.17, 15) is 4.79 Å². The summed E-state index contributed by atoms with van der Waals surface area (Å²) in [5.41, 5.74) is 0.538. The molecule has 0 aliphatic carbocycles. The minimum atomic E-state index is -0.0883. The van der Waals surface area contributed by atoms with E-state index < -0.39 is 0 Å². The molecule has 1 saturated heterocycles. The molecule has 1 aliphatic heterocycles. The van der Waals surface area contributed by atoms with Gasteiger partial charge < -0.3 is 19.3 Å². The molecule has 0 N–H and O–H groups in total. The highest BCUT2D eigenvalue weighted by atomic mass is 16.5. The van der Waals surface area contributed by atoms with E-state index in [1.165, 1.54) is 6.20 Å². The number of likely N-dealkylation sites (tertiary alicyclic amines) is 1. The molecule has 0 aromatic carbocycles. The second kappa shape index (κ2) is 7.33. The summed E-state index contributed by atoms with van der Waals surface area (Å²) < 4.78 is 10.9. The van der Waals surface area contributed by atoms with Crippen molar-refractivity contribution in [1.82, 2.24) is 20.1 Å². The Balaban J connectivity index is 1.58. The molecule has 1 aliphatic rings. The van der Waals surface area contributed by atoms with Crippen molar-refractivity contribution >= 4 is 11.7 Å². The second-order valence-electron chi connectivity index (χ2n) is 5.99. The van der Waals surface area contributed by atoms with Crippen LogP contribution in [-0.4, -0.2) is 66.4 Å². The van der Waals surface area contributed by atoms with Crippen LogP contribution >= 0.6 is 0 Å². The molecule has 3 heterocycles. The monoisotopic (exact) mass is 343 g/mol. The van der Waals surface area contributed by atoms with Gasteiger partial charge in [-0.1, -0.05) is 0 Å². The summed E-state index contributed by atoms with van der Waals surface area (Å²) in [4.78, 5) is 20.2. The van der Waals surface area contributed by atoms with Gasteiger partial charge in [-0.25, -0.2) is 4.98 Å². The predicted molar refractivity (Wildman–Crippen MR) is 92.1 cm³/mol. The molecule has 2 aromatic rings. The van der Waals surface area contributed by atoms with Gasteiger partial charge in [-0.05, 0) is 12.1 Å². The Kier molecular flexibility index (Phi) is 4.97. The maximum absolute atomic E-state index is 12.5. The van der Waals surface area contributed by atoms with E-state index in [0.717, 1.165) is 12.2 Å². The van der Waals surface area contributed by atoms with Crippen LogP contribution in [0.1, 0.15) is 16.8 Å². The third-order valence-corrected chi connectivity index (χ3v) is 4.00. The molecule has 1 atom stereocenters. The number of ether oxygens (including phenoxy) is 2. The van der Waals surface area contributed by atoms with Crippen molar-refractivity contribution in [3.8, 4) is 11.8 Å². The first-order chi connectivity index (χ1) is 12.1. The molecule has 3 rings (SSSR count). The summed E-state index contributed by atoms with van der Waals surface area (Å²) in [6, 6.07) is 7.04. The van der Waals surface area contributed by atoms with Gasteiger partial charge in [0.05, 0.1) is 19.2 Å². The summed E-state index contributed by atoms with van der Waals surface area (Å²) in [5, 5.41) is 8.16. The van der Waals surface area contributed by atoms with Gasteiger partial charge in [0, 0.05) is 45.4 Å². The third kappa shape index (κ3) is 3.96. The largest absolute Gasteiger partial charge is 0.481 e. The Bertz CT molecular complexity index is 718. The number of pyridine rings is 1. The van der Waals surface area contributed by atoms with Gasteiger partial charge in [-0.15, -0.1) is 10.2 Å². The number of aromatic nitrogens is 3. The summed E-state index contributed by atoms with van der Waals surface area (Å²) >= 11 is 0. The SMILES string of the molecule is COc1ccc(C(=O)N2CCC(Oc3ccc(N(C)C)nn3)C2)cn1. The van der Waals surface area contributed by atoms with Crippen LogP contribution in [0, 0.1) is 0 Å². The van der Waals surface area contributed by atoms with Gasteiger partial charge in [-0.3, -0.25) is 4.79 Å². The zero-order chi connectivity index (χ0) is 17.8. The molecule has 0 spiro atoms. The molecule has 8 nitrogen and oxygen atoms in total. The number of carbonyl (C=O) groups excluding carboxylic acids is 1. The Morgan fingerprint density at radius 2 is 2.00 bits per heavy atom. The van der Waals surface area contributed by atoms with Crippen molar-refractivity contribution < 1.29 is 14.3 Å². The molecule has 132 valence electrons. The van der Waals surface area contributed by atoms with E-state index in [1.807, 2.05) is 25.1 Å². The highest BCUT2D eigenvalue weighted by Gasteiger charge is 2.28. The van der Waals surface area contributed by atoms with E-state index in [0.29, 0.717) is 30.4 Å². The number of anilines is 1. The van der Waals surface area contributed by atoms with Crippen LogP contribution in [0.2, 0.25) is 0 Å². The summed E-state index contributed by atoms with van der Waals surface area (Å²) in [5.74, 6) is 1.66. The van der Waals surface area contributed by atoms with Crippen molar-refractivity contribution in [2.75, 3.05) is 39.2 Å². The first-order valence-electron chi connectivity index (χ1n) is 8.04. The molecule has 1 unspecified atom stereocenters. The van der Waals surface area contributed by atoms with E-state index in [1.54, 1.807) is 30.2 Å². The lowest BCUT2D eigenvalue weighted by atomic mass is 10.2. The van der Waals surface area contributed by atoms with Gasteiger partial charge in [0.2, 0.25) is 11.8 Å². The van der Waals surface area contributed by atoms with Gasteiger partial charge >= 0.3 is 0 Å². The van der Waals surface area contributed by atoms with Crippen molar-refractivity contribution in [3.63, 3.8) is 0 Å². The third-order valence-electron chi connectivity index (χ3n) is 4.00. The van der Waals surface area contributed by atoms with E-state index in [4.69, 9.17) is 9.47 Å². The number of amides is 1. The predicted octanol–water partition coefficient (Wildman–Crippen LogP) is 1.24. The smallest absolute Gasteiger partial charge is 0.255 e. The van der Waals surface area contributed by atoms with Crippen LogP contribution in [0.3, 0.4) is 0 Å². The highest BCUT2D eigenvalue weighted by molar-refractivity contribution is 5.94. The molecular formula is C17H21N5O3. The van der Waals surface area contributed by atoms with Crippen LogP contribution < -0.4 is 14.4 Å². The van der Waals surface area contributed by atoms with E-state index in [-0.39, 0.29) is 12.0 Å². The van der Waals surface area contributed by atoms with Crippen LogP contribution in [0.5, 0.6) is 11.8 Å². The number of methoxy groups -OCH3 is 1. The summed E-state index contributed by atoms with van der Waals surface area (Å²) in [6.45, 7) is 1.15. The Morgan fingerprint density at radius 1 is 1.20 bits per heavy atom. The molecule has 25 heavy (non-hydrogen) atoms. The average molecular weight is 343 g/mol. The van der Waals surface area contributed by atoms with Crippen LogP contribution in [0.4, 0.5) is 5.82 Å². The first kappa shape index (κ1) is 16.9. The zero-order valence-electron chi connectivity index (χ0n) is 14.5. The highest BCUT2D eigenvalue weighted by Crippen LogP contribution is 2.19. The van der Waals surface area contributed by atoms with Crippen LogP contribution in [0.25, 0.3) is 0 Å². The Morgan fingerprint density at radius 3 is 2.60 bits per heavy atom. The van der Waals surface area contributed by atoms with Crippen molar-refractivity contribution in [3.05, 3.63) is 36.0 Å². The average Bonchev–Trinajstić information content (AvgIpc) is 3.10. The molecule has 2 aromatic heterocycles. The first-order valence-corrected chi connectivity index (χ1v) is 8.04. The fourth-order valence-corrected chi connectivity index (χ4v) is 2.60. The number of rotatable bonds is 5. The summed E-state index contributed by atoms with van der Waals surface area (Å²) in [6.07, 6.45) is 2.20. The molecule has 1 amide bonds. The minimum Gasteiger partial charge on any atom is -0.481 e. The fraction of sp³-hybridized carbons (Fsp3) is 0.412. The number of nitrogens with zero attached hydrogens (tertiary/aromatic N) is 5. The van der Waals surface area contributed by atoms with Crippen LogP contribution in [0.15, 0.2) is 30.5 Å². The fourth-order valence-electron chi connectivity index (χ4n) is 2.60. The number of carbonyl (C=O) groups is 1. The zero-order valence-corrected chi connectivity index (χ0v) is 14.5. The van der Waals surface area contributed by atoms with Crippen molar-refractivity contribution in [2.45, 2.75) is 12.5 Å². The Hall–Kier alpha value is -2.90. The summed E-state index contributed by atoms with van der Waals surface area (Å²) in [7, 11) is 5.35. The molecule has 1 fully saturated rings.